The Hall–Kier alpha value is -0.340. The number of hydrogen-bond donors (Lipinski definition) is 1. The summed E-state index contributed by atoms with van der Waals surface area (Å²) in [6.07, 6.45) is 3.47. The summed E-state index contributed by atoms with van der Waals surface area (Å²) in [5.41, 5.74) is 1.16. The molecule has 0 aromatic heterocycles. The van der Waals surface area contributed by atoms with Crippen molar-refractivity contribution in [2.24, 2.45) is 0 Å². The molecule has 1 N–H and O–H groups in total. The summed E-state index contributed by atoms with van der Waals surface area (Å²) in [5.74, 6) is 0. The number of rotatable bonds is 0. The second kappa shape index (κ2) is 2.12. The zero-order valence-electron chi connectivity index (χ0n) is 7.92. The van der Waals surface area contributed by atoms with E-state index in [0.717, 1.165) is 12.8 Å². The lowest BCUT2D eigenvalue weighted by atomic mass is 9.80. The van der Waals surface area contributed by atoms with E-state index in [1.807, 2.05) is 6.08 Å². The second-order valence-corrected chi connectivity index (χ2v) is 4.40. The molecule has 2 nitrogen and oxygen atoms in total. The molecule has 1 saturated heterocycles. The Morgan fingerprint density at radius 2 is 2.17 bits per heavy atom. The van der Waals surface area contributed by atoms with Crippen molar-refractivity contribution in [1.29, 1.82) is 0 Å². The van der Waals surface area contributed by atoms with Gasteiger partial charge in [-0.1, -0.05) is 6.08 Å². The average Bonchev–Trinajstić information content (AvgIpc) is 2.48. The zero-order chi connectivity index (χ0) is 8.98. The van der Waals surface area contributed by atoms with E-state index >= 15 is 0 Å². The van der Waals surface area contributed by atoms with Gasteiger partial charge in [0.1, 0.15) is 5.60 Å². The van der Waals surface area contributed by atoms with Crippen LogP contribution in [0.4, 0.5) is 0 Å². The summed E-state index contributed by atoms with van der Waals surface area (Å²) < 4.78 is 5.71. The first-order valence-electron chi connectivity index (χ1n) is 4.55. The molecule has 0 saturated carbocycles. The fourth-order valence-corrected chi connectivity index (χ4v) is 2.37. The summed E-state index contributed by atoms with van der Waals surface area (Å²) in [6, 6.07) is 0. The largest absolute Gasteiger partial charge is 0.389 e. The van der Waals surface area contributed by atoms with E-state index in [0.29, 0.717) is 0 Å². The molecule has 0 bridgehead atoms. The highest BCUT2D eigenvalue weighted by Crippen LogP contribution is 2.56. The van der Waals surface area contributed by atoms with Gasteiger partial charge in [0.15, 0.2) is 0 Å². The van der Waals surface area contributed by atoms with Crippen LogP contribution in [-0.2, 0) is 4.74 Å². The molecule has 0 amide bonds. The normalized spacial score (nSPS) is 44.3. The molecule has 0 aromatic rings. The third-order valence-corrected chi connectivity index (χ3v) is 3.23. The highest BCUT2D eigenvalue weighted by Gasteiger charge is 2.64. The monoisotopic (exact) mass is 168 g/mol. The quantitative estimate of drug-likeness (QED) is 0.440. The molecule has 1 fully saturated rings. The van der Waals surface area contributed by atoms with Crippen LogP contribution in [0.3, 0.4) is 0 Å². The van der Waals surface area contributed by atoms with Crippen LogP contribution in [0.2, 0.25) is 0 Å². The van der Waals surface area contributed by atoms with E-state index < -0.39 is 0 Å². The van der Waals surface area contributed by atoms with Crippen LogP contribution in [0.1, 0.15) is 33.6 Å². The van der Waals surface area contributed by atoms with Crippen LogP contribution >= 0.6 is 0 Å². The van der Waals surface area contributed by atoms with Gasteiger partial charge in [0, 0.05) is 0 Å². The van der Waals surface area contributed by atoms with Crippen LogP contribution in [-0.4, -0.2) is 22.4 Å². The molecule has 1 heterocycles. The van der Waals surface area contributed by atoms with E-state index in [1.165, 1.54) is 5.57 Å². The van der Waals surface area contributed by atoms with Gasteiger partial charge in [-0.3, -0.25) is 0 Å². The Balaban J connectivity index is 2.27. The molecule has 2 atom stereocenters. The Bertz CT molecular complexity index is 242. The van der Waals surface area contributed by atoms with Crippen molar-refractivity contribution < 1.29 is 9.84 Å². The fraction of sp³-hybridized carbons (Fsp3) is 0.800. The zero-order valence-corrected chi connectivity index (χ0v) is 7.92. The van der Waals surface area contributed by atoms with Gasteiger partial charge >= 0.3 is 0 Å². The highest BCUT2D eigenvalue weighted by atomic mass is 16.6. The third kappa shape index (κ3) is 0.882. The summed E-state index contributed by atoms with van der Waals surface area (Å²) in [6.45, 7) is 6.28. The van der Waals surface area contributed by atoms with Crippen molar-refractivity contribution in [3.05, 3.63) is 11.6 Å². The first-order valence-corrected chi connectivity index (χ1v) is 4.55. The van der Waals surface area contributed by atoms with E-state index in [-0.39, 0.29) is 17.3 Å². The average molecular weight is 168 g/mol. The van der Waals surface area contributed by atoms with E-state index in [4.69, 9.17) is 4.74 Å². The lowest BCUT2D eigenvalue weighted by Gasteiger charge is -2.23. The van der Waals surface area contributed by atoms with Crippen LogP contribution in [0, 0.1) is 0 Å². The molecule has 1 aliphatic heterocycles. The predicted octanol–water partition coefficient (Wildman–Crippen LogP) is 1.64. The van der Waals surface area contributed by atoms with Crippen molar-refractivity contribution in [3.8, 4) is 0 Å². The Morgan fingerprint density at radius 3 is 2.58 bits per heavy atom. The standard InChI is InChI=1S/C10H16O2/c1-7-6-8(11)4-5-10(7)9(2,3)12-10/h6,8,11H,4-5H2,1-3H3. The van der Waals surface area contributed by atoms with Crippen molar-refractivity contribution in [3.63, 3.8) is 0 Å². The summed E-state index contributed by atoms with van der Waals surface area (Å²) in [4.78, 5) is 0. The van der Waals surface area contributed by atoms with Crippen molar-refractivity contribution in [1.82, 2.24) is 0 Å². The van der Waals surface area contributed by atoms with Crippen molar-refractivity contribution >= 4 is 0 Å². The minimum Gasteiger partial charge on any atom is -0.389 e. The number of aliphatic hydroxyl groups is 1. The minimum absolute atomic E-state index is 0.00623. The maximum absolute atomic E-state index is 9.38. The maximum Gasteiger partial charge on any atom is 0.118 e. The lowest BCUT2D eigenvalue weighted by molar-refractivity contribution is 0.177. The Morgan fingerprint density at radius 1 is 1.58 bits per heavy atom. The van der Waals surface area contributed by atoms with Crippen LogP contribution in [0.25, 0.3) is 0 Å². The van der Waals surface area contributed by atoms with Crippen LogP contribution < -0.4 is 0 Å². The molecule has 1 spiro atoms. The molecule has 68 valence electrons. The molecule has 0 radical (unpaired) electrons. The van der Waals surface area contributed by atoms with Gasteiger partial charge in [0.2, 0.25) is 0 Å². The summed E-state index contributed by atoms with van der Waals surface area (Å²) >= 11 is 0. The molecule has 2 rings (SSSR count). The topological polar surface area (TPSA) is 32.8 Å². The van der Waals surface area contributed by atoms with Gasteiger partial charge in [-0.25, -0.2) is 0 Å². The first kappa shape index (κ1) is 8.27. The molecule has 1 aliphatic carbocycles. The van der Waals surface area contributed by atoms with Crippen LogP contribution in [0.5, 0.6) is 0 Å². The molecule has 2 unspecified atom stereocenters. The van der Waals surface area contributed by atoms with Crippen LogP contribution in [0.15, 0.2) is 11.6 Å². The SMILES string of the molecule is CC1=CC(O)CCC12OC2(C)C. The molecule has 0 aromatic carbocycles. The predicted molar refractivity (Wildman–Crippen MR) is 46.9 cm³/mol. The Labute approximate surface area is 73.2 Å². The van der Waals surface area contributed by atoms with Gasteiger partial charge in [-0.05, 0) is 39.2 Å². The van der Waals surface area contributed by atoms with Gasteiger partial charge in [0.25, 0.3) is 0 Å². The smallest absolute Gasteiger partial charge is 0.118 e. The summed E-state index contributed by atoms with van der Waals surface area (Å²) in [7, 11) is 0. The highest BCUT2D eigenvalue weighted by molar-refractivity contribution is 5.33. The van der Waals surface area contributed by atoms with E-state index in [1.54, 1.807) is 0 Å². The van der Waals surface area contributed by atoms with Crippen molar-refractivity contribution in [2.75, 3.05) is 0 Å². The van der Waals surface area contributed by atoms with E-state index in [9.17, 15) is 5.11 Å². The molecular weight excluding hydrogens is 152 g/mol. The minimum atomic E-state index is -0.254. The maximum atomic E-state index is 9.38. The summed E-state index contributed by atoms with van der Waals surface area (Å²) in [5, 5.41) is 9.38. The lowest BCUT2D eigenvalue weighted by Crippen LogP contribution is -2.28. The van der Waals surface area contributed by atoms with E-state index in [2.05, 4.69) is 20.8 Å². The molecule has 2 heteroatoms. The molecular formula is C10H16O2. The van der Waals surface area contributed by atoms with Gasteiger partial charge in [-0.15, -0.1) is 0 Å². The van der Waals surface area contributed by atoms with Gasteiger partial charge in [-0.2, -0.15) is 0 Å². The van der Waals surface area contributed by atoms with Crippen molar-refractivity contribution in [2.45, 2.75) is 50.9 Å². The third-order valence-electron chi connectivity index (χ3n) is 3.23. The fourth-order valence-electron chi connectivity index (χ4n) is 2.37. The second-order valence-electron chi connectivity index (χ2n) is 4.40. The van der Waals surface area contributed by atoms with Gasteiger partial charge in [0.05, 0.1) is 11.7 Å². The van der Waals surface area contributed by atoms with Gasteiger partial charge < -0.3 is 9.84 Å². The number of epoxide rings is 1. The molecule has 12 heavy (non-hydrogen) atoms. The number of ether oxygens (including phenoxy) is 1. The number of hydrogen-bond acceptors (Lipinski definition) is 2. The number of aliphatic hydroxyl groups excluding tert-OH is 1. The Kier molecular flexibility index (Phi) is 1.46. The first-order chi connectivity index (χ1) is 5.48. The molecule has 2 aliphatic rings.